The Kier molecular flexibility index (Phi) is 4.89. The van der Waals surface area contributed by atoms with E-state index in [2.05, 4.69) is 26.0 Å². The van der Waals surface area contributed by atoms with E-state index in [1.54, 1.807) is 0 Å². The molecule has 4 heteroatoms. The van der Waals surface area contributed by atoms with Crippen LogP contribution in [0.1, 0.15) is 49.7 Å². The van der Waals surface area contributed by atoms with Crippen molar-refractivity contribution in [2.24, 2.45) is 23.2 Å². The number of benzene rings is 1. The van der Waals surface area contributed by atoms with Crippen LogP contribution in [0.2, 0.25) is 0 Å². The maximum absolute atomic E-state index is 12.9. The van der Waals surface area contributed by atoms with E-state index in [1.165, 1.54) is 42.2 Å². The van der Waals surface area contributed by atoms with Gasteiger partial charge < -0.3 is 4.74 Å². The SMILES string of the molecule is Cc1ccc(SCC(=O)OCC(=O)C23CC4CC(CC(C4)C2)C3)c(C)c1. The van der Waals surface area contributed by atoms with Crippen molar-refractivity contribution in [1.82, 2.24) is 0 Å². The predicted octanol–water partition coefficient (Wildman–Crippen LogP) is 4.72. The third-order valence-electron chi connectivity index (χ3n) is 6.67. The first-order chi connectivity index (χ1) is 12.4. The molecule has 4 aliphatic rings. The van der Waals surface area contributed by atoms with Crippen LogP contribution in [0.3, 0.4) is 0 Å². The summed E-state index contributed by atoms with van der Waals surface area (Å²) in [4.78, 5) is 26.1. The summed E-state index contributed by atoms with van der Waals surface area (Å²) in [5.74, 6) is 2.37. The number of rotatable bonds is 6. The Morgan fingerprint density at radius 3 is 2.27 bits per heavy atom. The molecule has 0 radical (unpaired) electrons. The van der Waals surface area contributed by atoms with E-state index in [-0.39, 0.29) is 29.5 Å². The fourth-order valence-corrected chi connectivity index (χ4v) is 6.70. The van der Waals surface area contributed by atoms with Gasteiger partial charge >= 0.3 is 5.97 Å². The summed E-state index contributed by atoms with van der Waals surface area (Å²) in [6.07, 6.45) is 7.06. The van der Waals surface area contributed by atoms with Crippen molar-refractivity contribution < 1.29 is 14.3 Å². The molecule has 4 saturated carbocycles. The van der Waals surface area contributed by atoms with Crippen molar-refractivity contribution in [3.8, 4) is 0 Å². The maximum Gasteiger partial charge on any atom is 0.316 e. The van der Waals surface area contributed by atoms with Gasteiger partial charge in [-0.15, -0.1) is 11.8 Å². The molecule has 3 nitrogen and oxygen atoms in total. The molecule has 4 fully saturated rings. The van der Waals surface area contributed by atoms with E-state index in [9.17, 15) is 9.59 Å². The van der Waals surface area contributed by atoms with Crippen LogP contribution >= 0.6 is 11.8 Å². The molecule has 0 heterocycles. The smallest absolute Gasteiger partial charge is 0.316 e. The first-order valence-corrected chi connectivity index (χ1v) is 10.8. The Balaban J connectivity index is 1.28. The standard InChI is InChI=1S/C22H28O3S/c1-14-3-4-19(15(2)5-14)26-13-21(24)25-12-20(23)22-9-16-6-17(10-22)8-18(7-16)11-22/h3-5,16-18H,6-13H2,1-2H3. The van der Waals surface area contributed by atoms with Crippen LogP contribution in [-0.2, 0) is 14.3 Å². The second-order valence-corrected chi connectivity index (χ2v) is 9.86. The van der Waals surface area contributed by atoms with Crippen molar-refractivity contribution in [1.29, 1.82) is 0 Å². The van der Waals surface area contributed by atoms with E-state index in [0.717, 1.165) is 41.9 Å². The molecule has 4 bridgehead atoms. The van der Waals surface area contributed by atoms with Gasteiger partial charge in [0.15, 0.2) is 12.4 Å². The summed E-state index contributed by atoms with van der Waals surface area (Å²) in [7, 11) is 0. The highest BCUT2D eigenvalue weighted by molar-refractivity contribution is 8.00. The van der Waals surface area contributed by atoms with Crippen molar-refractivity contribution in [2.45, 2.75) is 57.3 Å². The van der Waals surface area contributed by atoms with Gasteiger partial charge in [-0.3, -0.25) is 9.59 Å². The summed E-state index contributed by atoms with van der Waals surface area (Å²) in [5.41, 5.74) is 2.22. The average Bonchev–Trinajstić information content (AvgIpc) is 2.57. The monoisotopic (exact) mass is 372 g/mol. The van der Waals surface area contributed by atoms with Crippen LogP contribution in [0, 0.1) is 37.0 Å². The lowest BCUT2D eigenvalue weighted by Gasteiger charge is -2.55. The number of esters is 1. The van der Waals surface area contributed by atoms with Gasteiger partial charge in [0.1, 0.15) is 0 Å². The second kappa shape index (κ2) is 7.03. The highest BCUT2D eigenvalue weighted by Gasteiger charge is 2.54. The molecule has 5 rings (SSSR count). The number of Topliss-reactive ketones (excluding diaryl/α,β-unsaturated/α-hetero) is 1. The first-order valence-electron chi connectivity index (χ1n) is 9.82. The van der Waals surface area contributed by atoms with Gasteiger partial charge in [0, 0.05) is 10.3 Å². The molecule has 0 aliphatic heterocycles. The third-order valence-corrected chi connectivity index (χ3v) is 7.82. The van der Waals surface area contributed by atoms with Gasteiger partial charge in [-0.2, -0.15) is 0 Å². The summed E-state index contributed by atoms with van der Waals surface area (Å²) < 4.78 is 5.37. The maximum atomic E-state index is 12.9. The van der Waals surface area contributed by atoms with E-state index < -0.39 is 0 Å². The highest BCUT2D eigenvalue weighted by atomic mass is 32.2. The van der Waals surface area contributed by atoms with Crippen LogP contribution in [0.15, 0.2) is 23.1 Å². The Morgan fingerprint density at radius 2 is 1.69 bits per heavy atom. The zero-order chi connectivity index (χ0) is 18.3. The Morgan fingerprint density at radius 1 is 1.08 bits per heavy atom. The summed E-state index contributed by atoms with van der Waals surface area (Å²) in [6, 6.07) is 6.21. The molecule has 0 atom stereocenters. The first kappa shape index (κ1) is 18.1. The lowest BCUT2D eigenvalue weighted by molar-refractivity contribution is -0.156. The minimum absolute atomic E-state index is 0.0293. The zero-order valence-corrected chi connectivity index (χ0v) is 16.6. The quantitative estimate of drug-likeness (QED) is 0.535. The largest absolute Gasteiger partial charge is 0.457 e. The Hall–Kier alpha value is -1.29. The number of thioether (sulfide) groups is 1. The van der Waals surface area contributed by atoms with Crippen molar-refractivity contribution in [3.63, 3.8) is 0 Å². The number of ether oxygens (including phenoxy) is 1. The van der Waals surface area contributed by atoms with Gasteiger partial charge in [-0.1, -0.05) is 17.7 Å². The Bertz CT molecular complexity index is 689. The third kappa shape index (κ3) is 3.58. The van der Waals surface area contributed by atoms with E-state index in [4.69, 9.17) is 4.74 Å². The van der Waals surface area contributed by atoms with Crippen LogP contribution in [0.5, 0.6) is 0 Å². The van der Waals surface area contributed by atoms with Gasteiger partial charge in [0.25, 0.3) is 0 Å². The zero-order valence-electron chi connectivity index (χ0n) is 15.8. The topological polar surface area (TPSA) is 43.4 Å². The molecular weight excluding hydrogens is 344 g/mol. The summed E-state index contributed by atoms with van der Waals surface area (Å²) >= 11 is 1.49. The van der Waals surface area contributed by atoms with Crippen LogP contribution < -0.4 is 0 Å². The van der Waals surface area contributed by atoms with Gasteiger partial charge in [0.05, 0.1) is 5.75 Å². The van der Waals surface area contributed by atoms with Crippen LogP contribution in [0.25, 0.3) is 0 Å². The number of hydrogen-bond donors (Lipinski definition) is 0. The van der Waals surface area contributed by atoms with E-state index in [0.29, 0.717) is 0 Å². The van der Waals surface area contributed by atoms with E-state index >= 15 is 0 Å². The van der Waals surface area contributed by atoms with Crippen LogP contribution in [-0.4, -0.2) is 24.1 Å². The fraction of sp³-hybridized carbons (Fsp3) is 0.636. The number of carbonyl (C=O) groups excluding carboxylic acids is 2. The molecule has 0 saturated heterocycles. The molecule has 0 N–H and O–H groups in total. The lowest BCUT2D eigenvalue weighted by atomic mass is 9.48. The summed E-state index contributed by atoms with van der Waals surface area (Å²) in [6.45, 7) is 4.08. The van der Waals surface area contributed by atoms with Crippen molar-refractivity contribution in [2.75, 3.05) is 12.4 Å². The summed E-state index contributed by atoms with van der Waals surface area (Å²) in [5, 5.41) is 0. The van der Waals surface area contributed by atoms with Gasteiger partial charge in [-0.05, 0) is 81.8 Å². The minimum atomic E-state index is -0.284. The van der Waals surface area contributed by atoms with E-state index in [1.807, 2.05) is 6.07 Å². The molecule has 4 aliphatic carbocycles. The Labute approximate surface area is 160 Å². The number of carbonyl (C=O) groups is 2. The second-order valence-electron chi connectivity index (χ2n) is 8.84. The fourth-order valence-electron chi connectivity index (χ4n) is 5.89. The number of aryl methyl sites for hydroxylation is 2. The van der Waals surface area contributed by atoms with Crippen LogP contribution in [0.4, 0.5) is 0 Å². The molecule has 26 heavy (non-hydrogen) atoms. The van der Waals surface area contributed by atoms with Gasteiger partial charge in [-0.25, -0.2) is 0 Å². The molecule has 1 aromatic carbocycles. The molecular formula is C22H28O3S. The number of ketones is 1. The predicted molar refractivity (Wildman–Crippen MR) is 103 cm³/mol. The lowest BCUT2D eigenvalue weighted by Crippen LogP contribution is -2.51. The number of hydrogen-bond acceptors (Lipinski definition) is 4. The molecule has 140 valence electrons. The normalized spacial score (nSPS) is 31.8. The minimum Gasteiger partial charge on any atom is -0.457 e. The molecule has 0 aromatic heterocycles. The van der Waals surface area contributed by atoms with Crippen molar-refractivity contribution in [3.05, 3.63) is 29.3 Å². The molecule has 0 amide bonds. The van der Waals surface area contributed by atoms with Crippen molar-refractivity contribution >= 4 is 23.5 Å². The van der Waals surface area contributed by atoms with Gasteiger partial charge in [0.2, 0.25) is 0 Å². The average molecular weight is 373 g/mol. The molecule has 0 spiro atoms. The highest BCUT2D eigenvalue weighted by Crippen LogP contribution is 2.60. The molecule has 1 aromatic rings. The molecule has 0 unspecified atom stereocenters.